The molecule has 0 spiro atoms. The number of carbonyl (C=O) groups is 1. The molecule has 0 saturated carbocycles. The summed E-state index contributed by atoms with van der Waals surface area (Å²) in [5.74, 6) is 2.36. The molecule has 2 N–H and O–H groups in total. The van der Waals surface area contributed by atoms with Crippen molar-refractivity contribution in [2.75, 3.05) is 18.6 Å². The SMILES string of the molecule is CCSCCC(C)NCc1ccc(C(=O)NC)cc1. The zero-order valence-corrected chi connectivity index (χ0v) is 12.8. The second-order valence-corrected chi connectivity index (χ2v) is 5.94. The summed E-state index contributed by atoms with van der Waals surface area (Å²) in [5, 5.41) is 6.13. The van der Waals surface area contributed by atoms with E-state index in [1.165, 1.54) is 23.5 Å². The summed E-state index contributed by atoms with van der Waals surface area (Å²) >= 11 is 1.98. The normalized spacial score (nSPS) is 12.2. The third kappa shape index (κ3) is 6.12. The van der Waals surface area contributed by atoms with Gasteiger partial charge in [-0.1, -0.05) is 19.1 Å². The van der Waals surface area contributed by atoms with E-state index in [1.807, 2.05) is 36.0 Å². The quantitative estimate of drug-likeness (QED) is 0.719. The molecule has 0 heterocycles. The fourth-order valence-corrected chi connectivity index (χ4v) is 2.53. The van der Waals surface area contributed by atoms with Gasteiger partial charge in [0.2, 0.25) is 0 Å². The van der Waals surface area contributed by atoms with Crippen molar-refractivity contribution in [3.8, 4) is 0 Å². The minimum Gasteiger partial charge on any atom is -0.355 e. The molecule has 0 fully saturated rings. The molecule has 0 aliphatic rings. The van der Waals surface area contributed by atoms with E-state index in [1.54, 1.807) is 7.05 Å². The van der Waals surface area contributed by atoms with E-state index in [9.17, 15) is 4.79 Å². The number of carbonyl (C=O) groups excluding carboxylic acids is 1. The molecule has 1 aromatic rings. The first-order valence-corrected chi connectivity index (χ1v) is 7.95. The molecule has 0 bridgehead atoms. The van der Waals surface area contributed by atoms with Gasteiger partial charge in [-0.2, -0.15) is 11.8 Å². The van der Waals surface area contributed by atoms with Crippen molar-refractivity contribution in [3.05, 3.63) is 35.4 Å². The van der Waals surface area contributed by atoms with Crippen molar-refractivity contribution in [2.24, 2.45) is 0 Å². The molecule has 0 radical (unpaired) electrons. The second-order valence-electron chi connectivity index (χ2n) is 4.54. The number of rotatable bonds is 8. The Kier molecular flexibility index (Phi) is 7.60. The van der Waals surface area contributed by atoms with Crippen LogP contribution in [0.5, 0.6) is 0 Å². The van der Waals surface area contributed by atoms with E-state index >= 15 is 0 Å². The number of thioether (sulfide) groups is 1. The van der Waals surface area contributed by atoms with Crippen molar-refractivity contribution < 1.29 is 4.79 Å². The molecule has 106 valence electrons. The van der Waals surface area contributed by atoms with Crippen LogP contribution in [0, 0.1) is 0 Å². The van der Waals surface area contributed by atoms with Gasteiger partial charge in [-0.05, 0) is 42.5 Å². The molecule has 0 aromatic heterocycles. The van der Waals surface area contributed by atoms with Gasteiger partial charge in [0.1, 0.15) is 0 Å². The van der Waals surface area contributed by atoms with Crippen LogP contribution in [0.15, 0.2) is 24.3 Å². The average Bonchev–Trinajstić information content (AvgIpc) is 2.45. The molecule has 0 aliphatic heterocycles. The fourth-order valence-electron chi connectivity index (χ4n) is 1.72. The maximum Gasteiger partial charge on any atom is 0.251 e. The number of nitrogens with one attached hydrogen (secondary N) is 2. The lowest BCUT2D eigenvalue weighted by atomic mass is 10.1. The van der Waals surface area contributed by atoms with Gasteiger partial charge in [-0.3, -0.25) is 4.79 Å². The van der Waals surface area contributed by atoms with Crippen LogP contribution in [-0.2, 0) is 6.54 Å². The smallest absolute Gasteiger partial charge is 0.251 e. The molecule has 3 nitrogen and oxygen atoms in total. The zero-order chi connectivity index (χ0) is 14.1. The Morgan fingerprint density at radius 2 is 2.00 bits per heavy atom. The Balaban J connectivity index is 2.35. The van der Waals surface area contributed by atoms with Gasteiger partial charge in [0.25, 0.3) is 5.91 Å². The number of hydrogen-bond acceptors (Lipinski definition) is 3. The average molecular weight is 280 g/mol. The van der Waals surface area contributed by atoms with Gasteiger partial charge in [0.15, 0.2) is 0 Å². The Hall–Kier alpha value is -1.00. The highest BCUT2D eigenvalue weighted by Crippen LogP contribution is 2.07. The van der Waals surface area contributed by atoms with Gasteiger partial charge in [-0.25, -0.2) is 0 Å². The fraction of sp³-hybridized carbons (Fsp3) is 0.533. The molecule has 1 amide bonds. The van der Waals surface area contributed by atoms with E-state index < -0.39 is 0 Å². The molecular weight excluding hydrogens is 256 g/mol. The van der Waals surface area contributed by atoms with E-state index in [0.717, 1.165) is 6.54 Å². The first-order chi connectivity index (χ1) is 9.17. The summed E-state index contributed by atoms with van der Waals surface area (Å²) in [7, 11) is 1.65. The zero-order valence-electron chi connectivity index (χ0n) is 12.0. The Morgan fingerprint density at radius 1 is 1.32 bits per heavy atom. The molecule has 1 unspecified atom stereocenters. The van der Waals surface area contributed by atoms with Crippen molar-refractivity contribution in [1.82, 2.24) is 10.6 Å². The van der Waals surface area contributed by atoms with Crippen molar-refractivity contribution in [2.45, 2.75) is 32.9 Å². The van der Waals surface area contributed by atoms with Gasteiger partial charge >= 0.3 is 0 Å². The third-order valence-corrected chi connectivity index (χ3v) is 3.93. The van der Waals surface area contributed by atoms with Crippen LogP contribution >= 0.6 is 11.8 Å². The van der Waals surface area contributed by atoms with Crippen LogP contribution in [0.25, 0.3) is 0 Å². The van der Waals surface area contributed by atoms with Crippen LogP contribution in [0.3, 0.4) is 0 Å². The molecule has 4 heteroatoms. The molecule has 0 aliphatic carbocycles. The predicted molar refractivity (Wildman–Crippen MR) is 83.7 cm³/mol. The summed E-state index contributed by atoms with van der Waals surface area (Å²) < 4.78 is 0. The highest BCUT2D eigenvalue weighted by Gasteiger charge is 2.04. The third-order valence-electron chi connectivity index (χ3n) is 3.00. The van der Waals surface area contributed by atoms with Gasteiger partial charge in [0, 0.05) is 25.2 Å². The van der Waals surface area contributed by atoms with Crippen LogP contribution in [0.4, 0.5) is 0 Å². The summed E-state index contributed by atoms with van der Waals surface area (Å²) in [5.41, 5.74) is 1.92. The van der Waals surface area contributed by atoms with Crippen molar-refractivity contribution in [1.29, 1.82) is 0 Å². The Labute approximate surface area is 120 Å². The van der Waals surface area contributed by atoms with E-state index in [0.29, 0.717) is 11.6 Å². The highest BCUT2D eigenvalue weighted by atomic mass is 32.2. The summed E-state index contributed by atoms with van der Waals surface area (Å²) in [4.78, 5) is 11.4. The summed E-state index contributed by atoms with van der Waals surface area (Å²) in [6.07, 6.45) is 1.19. The van der Waals surface area contributed by atoms with E-state index in [4.69, 9.17) is 0 Å². The second kappa shape index (κ2) is 8.99. The summed E-state index contributed by atoms with van der Waals surface area (Å²) in [6.45, 7) is 5.26. The lowest BCUT2D eigenvalue weighted by molar-refractivity contribution is 0.0963. The topological polar surface area (TPSA) is 41.1 Å². The predicted octanol–water partition coefficient (Wildman–Crippen LogP) is 2.67. The monoisotopic (exact) mass is 280 g/mol. The van der Waals surface area contributed by atoms with E-state index in [2.05, 4.69) is 24.5 Å². The maximum atomic E-state index is 11.4. The van der Waals surface area contributed by atoms with Crippen LogP contribution in [0.2, 0.25) is 0 Å². The van der Waals surface area contributed by atoms with Gasteiger partial charge in [-0.15, -0.1) is 0 Å². The van der Waals surface area contributed by atoms with Gasteiger partial charge in [0.05, 0.1) is 0 Å². The highest BCUT2D eigenvalue weighted by molar-refractivity contribution is 7.99. The number of benzene rings is 1. The Morgan fingerprint density at radius 3 is 2.58 bits per heavy atom. The van der Waals surface area contributed by atoms with Crippen LogP contribution in [-0.4, -0.2) is 30.5 Å². The minimum absolute atomic E-state index is 0.0375. The molecule has 19 heavy (non-hydrogen) atoms. The summed E-state index contributed by atoms with van der Waals surface area (Å²) in [6, 6.07) is 8.27. The van der Waals surface area contributed by atoms with Gasteiger partial charge < -0.3 is 10.6 Å². The minimum atomic E-state index is -0.0375. The number of hydrogen-bond donors (Lipinski definition) is 2. The number of amides is 1. The molecule has 0 saturated heterocycles. The standard InChI is InChI=1S/C15H24N2OS/c1-4-19-10-9-12(2)17-11-13-5-7-14(8-6-13)15(18)16-3/h5-8,12,17H,4,9-11H2,1-3H3,(H,16,18). The van der Waals surface area contributed by atoms with E-state index in [-0.39, 0.29) is 5.91 Å². The maximum absolute atomic E-state index is 11.4. The van der Waals surface area contributed by atoms with Crippen LogP contribution < -0.4 is 10.6 Å². The Bertz CT molecular complexity index is 378. The lowest BCUT2D eigenvalue weighted by Gasteiger charge is -2.13. The molecule has 1 aromatic carbocycles. The molecular formula is C15H24N2OS. The first-order valence-electron chi connectivity index (χ1n) is 6.79. The largest absolute Gasteiger partial charge is 0.355 e. The van der Waals surface area contributed by atoms with Crippen LogP contribution in [0.1, 0.15) is 36.2 Å². The van der Waals surface area contributed by atoms with Crippen molar-refractivity contribution >= 4 is 17.7 Å². The molecule has 1 atom stereocenters. The first kappa shape index (κ1) is 16.1. The van der Waals surface area contributed by atoms with Crippen molar-refractivity contribution in [3.63, 3.8) is 0 Å². The molecule has 1 rings (SSSR count). The lowest BCUT2D eigenvalue weighted by Crippen LogP contribution is -2.26.